The van der Waals surface area contributed by atoms with Gasteiger partial charge >= 0.3 is 62.7 Å². The van der Waals surface area contributed by atoms with E-state index in [2.05, 4.69) is 45.0 Å². The van der Waals surface area contributed by atoms with Gasteiger partial charge in [0.15, 0.2) is 14.9 Å². The number of urea groups is 2. The molecule has 35 nitrogen and oxygen atoms in total. The molecule has 9 N–H and O–H groups in total. The molecule has 514 valence electrons. The zero-order valence-electron chi connectivity index (χ0n) is 48.2. The maximum Gasteiger partial charge on any atom is 0.431 e. The van der Waals surface area contributed by atoms with E-state index in [0.717, 1.165) is 37.5 Å². The number of aliphatic carboxylic acids is 1. The number of pyridine rings is 1. The van der Waals surface area contributed by atoms with Gasteiger partial charge in [-0.2, -0.15) is 59.1 Å². The summed E-state index contributed by atoms with van der Waals surface area (Å²) in [5, 5.41) is 22.1. The van der Waals surface area contributed by atoms with Crippen molar-refractivity contribution in [3.05, 3.63) is 122 Å². The molecule has 6 rings (SSSR count). The fourth-order valence-electron chi connectivity index (χ4n) is 6.41. The Balaban J connectivity index is 0.000000343. The number of ether oxygens (including phenoxy) is 5. The molecular formula is C47H49ClF7N12O23PS3. The number of aromatic nitrogens is 7. The number of carbonyl (C=O) groups excluding carboxylic acids is 3. The second-order valence-electron chi connectivity index (χ2n) is 17.3. The minimum absolute atomic E-state index is 0.0104. The van der Waals surface area contributed by atoms with Crippen molar-refractivity contribution < 1.29 is 128 Å². The molecule has 0 aliphatic rings. The number of esters is 1. The average Bonchev–Trinajstić information content (AvgIpc) is 0.785. The molecule has 0 saturated carbocycles. The Morgan fingerprint density at radius 3 is 1.68 bits per heavy atom. The van der Waals surface area contributed by atoms with Crippen molar-refractivity contribution in [2.24, 2.45) is 7.05 Å². The topological polar surface area (TPSA) is 501 Å². The van der Waals surface area contributed by atoms with Crippen LogP contribution in [0.4, 0.5) is 52.2 Å². The van der Waals surface area contributed by atoms with Crippen LogP contribution >= 0.6 is 19.2 Å². The van der Waals surface area contributed by atoms with Crippen molar-refractivity contribution in [3.8, 4) is 29.2 Å². The van der Waals surface area contributed by atoms with E-state index >= 15 is 0 Å². The van der Waals surface area contributed by atoms with Gasteiger partial charge < -0.3 is 43.7 Å². The van der Waals surface area contributed by atoms with E-state index in [-0.39, 0.29) is 39.7 Å². The number of carboxylic acid groups (broad SMARTS) is 2. The highest BCUT2D eigenvalue weighted by atomic mass is 35.5. The number of alkyl halides is 7. The quantitative estimate of drug-likeness (QED) is 0.0266. The Bertz CT molecular complexity index is 4240. The van der Waals surface area contributed by atoms with E-state index < -0.39 is 161 Å². The first-order chi connectivity index (χ1) is 43.4. The number of carboxylic acids is 2. The van der Waals surface area contributed by atoms with Gasteiger partial charge in [-0.3, -0.25) is 34.7 Å². The van der Waals surface area contributed by atoms with Crippen molar-refractivity contribution in [1.82, 2.24) is 48.8 Å². The lowest BCUT2D eigenvalue weighted by Crippen LogP contribution is -2.40. The molecule has 0 bridgehead atoms. The molecule has 47 heteroatoms. The van der Waals surface area contributed by atoms with Crippen molar-refractivity contribution in [2.45, 2.75) is 61.1 Å². The van der Waals surface area contributed by atoms with Crippen LogP contribution in [0.2, 0.25) is 5.02 Å². The zero-order valence-corrected chi connectivity index (χ0v) is 52.3. The highest BCUT2D eigenvalue weighted by Crippen LogP contribution is 2.32. The molecule has 6 aromatic rings. The summed E-state index contributed by atoms with van der Waals surface area (Å²) in [4.78, 5) is 114. The Morgan fingerprint density at radius 2 is 1.21 bits per heavy atom. The van der Waals surface area contributed by atoms with E-state index in [0.29, 0.717) is 21.3 Å². The molecule has 2 aromatic carbocycles. The normalized spacial score (nSPS) is 11.5. The van der Waals surface area contributed by atoms with Crippen LogP contribution in [0.1, 0.15) is 47.2 Å². The smallest absolute Gasteiger partial charge is 0.431 e. The number of carbonyl (C=O) groups is 5. The molecule has 0 radical (unpaired) electrons. The number of nitrogens with zero attached hydrogens (tertiary/aromatic N) is 7. The van der Waals surface area contributed by atoms with Gasteiger partial charge in [0, 0.05) is 19.3 Å². The molecule has 0 spiro atoms. The van der Waals surface area contributed by atoms with Crippen molar-refractivity contribution >= 4 is 90.9 Å². The Labute approximate surface area is 528 Å². The number of hydrogen-bond donors (Lipinski definition) is 9. The van der Waals surface area contributed by atoms with E-state index in [4.69, 9.17) is 45.8 Å². The number of methoxy groups -OCH3 is 2. The third-order valence-corrected chi connectivity index (χ3v) is 15.7. The molecule has 94 heavy (non-hydrogen) atoms. The number of benzene rings is 2. The summed E-state index contributed by atoms with van der Waals surface area (Å²) in [5.74, 6) is -6.91. The van der Waals surface area contributed by atoms with Crippen LogP contribution in [-0.2, 0) is 57.2 Å². The van der Waals surface area contributed by atoms with E-state index in [1.54, 1.807) is 23.9 Å². The summed E-state index contributed by atoms with van der Waals surface area (Å²) in [6.45, 7) is -2.67. The summed E-state index contributed by atoms with van der Waals surface area (Å²) in [5.41, 5.74) is -4.65. The minimum atomic E-state index is -4.86. The summed E-state index contributed by atoms with van der Waals surface area (Å²) < 4.78 is 198. The number of nitrogens with one attached hydrogen (secondary N) is 5. The van der Waals surface area contributed by atoms with Gasteiger partial charge in [-0.15, -0.1) is 0 Å². The predicted octanol–water partition coefficient (Wildman–Crippen LogP) is 3.65. The van der Waals surface area contributed by atoms with Crippen LogP contribution in [0.3, 0.4) is 0 Å². The monoisotopic (exact) mass is 1440 g/mol. The van der Waals surface area contributed by atoms with Gasteiger partial charge in [-0.25, -0.2) is 59.8 Å². The second kappa shape index (κ2) is 33.8. The van der Waals surface area contributed by atoms with Crippen LogP contribution in [0.5, 0.6) is 23.5 Å². The molecule has 4 heterocycles. The molecule has 0 atom stereocenters. The van der Waals surface area contributed by atoms with Gasteiger partial charge in [-0.1, -0.05) is 30.7 Å². The van der Waals surface area contributed by atoms with Crippen molar-refractivity contribution in [2.75, 3.05) is 43.4 Å². The number of anilines is 2. The van der Waals surface area contributed by atoms with Gasteiger partial charge in [-0.05, 0) is 56.3 Å². The lowest BCUT2D eigenvalue weighted by Gasteiger charge is -2.15. The second-order valence-corrected chi connectivity index (χ2v) is 24.9. The average molecular weight is 1450 g/mol. The van der Waals surface area contributed by atoms with Gasteiger partial charge in [0.05, 0.1) is 72.9 Å². The first-order valence-electron chi connectivity index (χ1n) is 24.8. The van der Waals surface area contributed by atoms with Crippen LogP contribution in [-0.4, -0.2) is 161 Å². The van der Waals surface area contributed by atoms with Gasteiger partial charge in [0.25, 0.3) is 25.6 Å². The number of rotatable bonds is 22. The van der Waals surface area contributed by atoms with Crippen molar-refractivity contribution in [3.63, 3.8) is 0 Å². The Morgan fingerprint density at radius 1 is 0.713 bits per heavy atom. The lowest BCUT2D eigenvalue weighted by molar-refractivity contribution is -0.144. The summed E-state index contributed by atoms with van der Waals surface area (Å²) in [7, 11) is -13.8. The van der Waals surface area contributed by atoms with E-state index in [1.165, 1.54) is 62.3 Å². The molecular weight excluding hydrogens is 1400 g/mol. The van der Waals surface area contributed by atoms with Gasteiger partial charge in [0.2, 0.25) is 35.4 Å². The number of aromatic carboxylic acids is 1. The number of amides is 4. The van der Waals surface area contributed by atoms with Crippen molar-refractivity contribution in [1.29, 1.82) is 0 Å². The highest BCUT2D eigenvalue weighted by molar-refractivity contribution is 7.93. The fraction of sp³-hybridized carbons (Fsp3) is 0.277. The van der Waals surface area contributed by atoms with Crippen LogP contribution in [0, 0.1) is 0 Å². The van der Waals surface area contributed by atoms with Crippen LogP contribution in [0.15, 0.2) is 103 Å². The number of sulfonamides is 2. The maximum absolute atomic E-state index is 12.9. The number of hydrogen-bond acceptors (Lipinski definition) is 25. The maximum atomic E-state index is 12.9. The first-order valence-corrected chi connectivity index (χ1v) is 31.6. The molecule has 0 aliphatic heterocycles. The number of halogens is 8. The van der Waals surface area contributed by atoms with E-state index in [1.807, 2.05) is 0 Å². The van der Waals surface area contributed by atoms with Crippen LogP contribution in [0.25, 0.3) is 5.69 Å². The van der Waals surface area contributed by atoms with Crippen LogP contribution < -0.4 is 55.6 Å². The third-order valence-electron chi connectivity index (χ3n) is 10.2. The predicted molar refractivity (Wildman–Crippen MR) is 305 cm³/mol. The molecule has 0 unspecified atom stereocenters. The molecule has 0 aliphatic carbocycles. The number of sulfone groups is 1. The van der Waals surface area contributed by atoms with Gasteiger partial charge in [0.1, 0.15) is 15.5 Å². The molecule has 4 amide bonds. The first kappa shape index (κ1) is 78.6. The molecule has 0 fully saturated rings. The minimum Gasteiger partial charge on any atom is -0.481 e. The zero-order chi connectivity index (χ0) is 71.4. The fourth-order valence-corrected chi connectivity index (χ4v) is 10.7. The SMILES string of the molecule is CC(C)OC(=O)c1cc(-n2c(=O)cc(C(F)(F)F)n(C)c2=O)ccc1Cl.CCS(=O)(=O)c1cccnc1S(=O)(=O)NC(=O)Nc1nc(OC)cc(OC)n1.O=C(Nc1nc(OC(F)F)cc(OC(F)F)n1)NS(=O)(=O)c1ccccc1C(=O)O.O=C(O)CNCP(=O)(O)O. The summed E-state index contributed by atoms with van der Waals surface area (Å²) in [6, 6.07) is 9.61. The highest BCUT2D eigenvalue weighted by Gasteiger charge is 2.35. The lowest BCUT2D eigenvalue weighted by atomic mass is 10.2. The largest absolute Gasteiger partial charge is 0.481 e. The summed E-state index contributed by atoms with van der Waals surface area (Å²) >= 11 is 5.94. The molecule has 0 saturated heterocycles. The van der Waals surface area contributed by atoms with E-state index in [9.17, 15) is 94.1 Å². The third kappa shape index (κ3) is 24.4. The standard InChI is InChI=1S/C16H14ClF3N2O4.C14H10F4N4O7S.C14H17N5O7S2.C3H8NO5P/c1-8(2)26-14(24)10-6-9(4-5-11(10)17)22-13(23)7-12(16(18,19)20)21(3)15(22)25;15-11(16)28-8-5-9(29-12(17)18)20-13(19-8)21-14(25)22-30(26,27)7-4-2-1-3-6(7)10(23)24;1-4-27(21,22)9-6-5-7-15-12(9)28(23,24)19-14(20)18-13-16-10(25-2)8-11(17-13)26-3;5-3(6)1-4-2-10(7,8)9/h4-8H,1-3H3;1-5,11-12H,(H,23,24)(H2,19,20,21,22,25);5-8H,4H2,1-3H3,(H2,16,17,18,19,20);4H,1-2H2,(H,5,6)(H2,7,8,9). The Kier molecular flexibility index (Phi) is 28.2. The molecule has 4 aromatic heterocycles. The summed E-state index contributed by atoms with van der Waals surface area (Å²) in [6.07, 6.45) is -4.81. The Hall–Kier alpha value is -9.66.